The first-order valence-corrected chi connectivity index (χ1v) is 7.63. The number of aromatic nitrogens is 2. The largest absolute Gasteiger partial charge is 0.369 e. The van der Waals surface area contributed by atoms with Gasteiger partial charge in [0.2, 0.25) is 0 Å². The number of anilines is 1. The smallest absolute Gasteiger partial charge is 0.171 e. The summed E-state index contributed by atoms with van der Waals surface area (Å²) in [6.07, 6.45) is 1.06. The number of halogens is 1. The van der Waals surface area contributed by atoms with E-state index in [1.165, 1.54) is 4.88 Å². The standard InChI is InChI=1S/C13H16BrN3S/c1-4-9-6-7-10(18-9)12-16-8(3)11(14)13(17-12)15-5-2/h6-7H,4-5H2,1-3H3,(H,15,16,17). The molecule has 0 aliphatic heterocycles. The Labute approximate surface area is 120 Å². The zero-order valence-electron chi connectivity index (χ0n) is 10.7. The molecule has 0 radical (unpaired) electrons. The summed E-state index contributed by atoms with van der Waals surface area (Å²) in [5.74, 6) is 1.67. The lowest BCUT2D eigenvalue weighted by Crippen LogP contribution is -2.04. The second-order valence-electron chi connectivity index (χ2n) is 3.95. The minimum absolute atomic E-state index is 0.802. The summed E-state index contributed by atoms with van der Waals surface area (Å²) in [4.78, 5) is 11.6. The molecule has 18 heavy (non-hydrogen) atoms. The molecule has 0 atom stereocenters. The van der Waals surface area contributed by atoms with Crippen LogP contribution < -0.4 is 5.32 Å². The minimum Gasteiger partial charge on any atom is -0.369 e. The molecule has 0 amide bonds. The van der Waals surface area contributed by atoms with Crippen LogP contribution in [0.5, 0.6) is 0 Å². The molecule has 2 heterocycles. The Morgan fingerprint density at radius 3 is 2.67 bits per heavy atom. The van der Waals surface area contributed by atoms with Crippen LogP contribution in [0, 0.1) is 6.92 Å². The molecule has 0 aliphatic carbocycles. The Balaban J connectivity index is 2.44. The molecule has 0 saturated carbocycles. The van der Waals surface area contributed by atoms with Crippen molar-refractivity contribution in [1.29, 1.82) is 0 Å². The molecule has 5 heteroatoms. The van der Waals surface area contributed by atoms with Gasteiger partial charge >= 0.3 is 0 Å². The molecule has 1 N–H and O–H groups in total. The summed E-state index contributed by atoms with van der Waals surface area (Å²) in [5.41, 5.74) is 0.961. The average molecular weight is 326 g/mol. The van der Waals surface area contributed by atoms with E-state index in [0.717, 1.165) is 39.7 Å². The van der Waals surface area contributed by atoms with E-state index in [9.17, 15) is 0 Å². The second-order valence-corrected chi connectivity index (χ2v) is 5.91. The van der Waals surface area contributed by atoms with Gasteiger partial charge in [0.25, 0.3) is 0 Å². The number of nitrogens with zero attached hydrogens (tertiary/aromatic N) is 2. The molecule has 2 aromatic heterocycles. The third kappa shape index (κ3) is 2.72. The zero-order chi connectivity index (χ0) is 13.1. The van der Waals surface area contributed by atoms with Gasteiger partial charge in [-0.3, -0.25) is 0 Å². The van der Waals surface area contributed by atoms with Crippen LogP contribution in [0.3, 0.4) is 0 Å². The predicted octanol–water partition coefficient (Wildman–Crippen LogP) is 4.27. The predicted molar refractivity (Wildman–Crippen MR) is 81.3 cm³/mol. The summed E-state index contributed by atoms with van der Waals surface area (Å²) in [6, 6.07) is 4.25. The Morgan fingerprint density at radius 1 is 1.28 bits per heavy atom. The van der Waals surface area contributed by atoms with E-state index in [4.69, 9.17) is 0 Å². The van der Waals surface area contributed by atoms with Crippen molar-refractivity contribution < 1.29 is 0 Å². The van der Waals surface area contributed by atoms with Crippen molar-refractivity contribution in [1.82, 2.24) is 9.97 Å². The van der Waals surface area contributed by atoms with Crippen LogP contribution in [0.4, 0.5) is 5.82 Å². The van der Waals surface area contributed by atoms with Crippen LogP contribution in [-0.4, -0.2) is 16.5 Å². The van der Waals surface area contributed by atoms with Gasteiger partial charge in [-0.05, 0) is 48.3 Å². The van der Waals surface area contributed by atoms with E-state index in [2.05, 4.69) is 57.2 Å². The molecule has 0 saturated heterocycles. The topological polar surface area (TPSA) is 37.8 Å². The normalized spacial score (nSPS) is 10.7. The number of thiophene rings is 1. The highest BCUT2D eigenvalue weighted by Gasteiger charge is 2.11. The van der Waals surface area contributed by atoms with E-state index >= 15 is 0 Å². The molecule has 0 fully saturated rings. The maximum atomic E-state index is 4.58. The fourth-order valence-corrected chi connectivity index (χ4v) is 2.84. The Bertz CT molecular complexity index is 551. The minimum atomic E-state index is 0.802. The van der Waals surface area contributed by atoms with Crippen LogP contribution in [0.2, 0.25) is 0 Å². The molecule has 0 aromatic carbocycles. The summed E-state index contributed by atoms with van der Waals surface area (Å²) in [7, 11) is 0. The monoisotopic (exact) mass is 325 g/mol. The van der Waals surface area contributed by atoms with Crippen LogP contribution in [0.15, 0.2) is 16.6 Å². The Kier molecular flexibility index (Phi) is 4.35. The van der Waals surface area contributed by atoms with E-state index in [1.807, 2.05) is 6.92 Å². The van der Waals surface area contributed by atoms with Crippen LogP contribution >= 0.6 is 27.3 Å². The Morgan fingerprint density at radius 2 is 2.06 bits per heavy atom. The number of hydrogen-bond donors (Lipinski definition) is 1. The van der Waals surface area contributed by atoms with Gasteiger partial charge in [0.05, 0.1) is 15.0 Å². The molecular weight excluding hydrogens is 310 g/mol. The fourth-order valence-electron chi connectivity index (χ4n) is 1.64. The summed E-state index contributed by atoms with van der Waals surface area (Å²) >= 11 is 5.28. The van der Waals surface area contributed by atoms with E-state index < -0.39 is 0 Å². The van der Waals surface area contributed by atoms with Crippen LogP contribution in [0.25, 0.3) is 10.7 Å². The van der Waals surface area contributed by atoms with Gasteiger partial charge in [-0.25, -0.2) is 9.97 Å². The van der Waals surface area contributed by atoms with Gasteiger partial charge in [-0.15, -0.1) is 11.3 Å². The van der Waals surface area contributed by atoms with E-state index in [-0.39, 0.29) is 0 Å². The number of aryl methyl sites for hydroxylation is 2. The molecule has 0 spiro atoms. The maximum absolute atomic E-state index is 4.58. The molecule has 2 rings (SSSR count). The van der Waals surface area contributed by atoms with Crippen molar-refractivity contribution in [3.8, 4) is 10.7 Å². The van der Waals surface area contributed by atoms with Gasteiger partial charge in [0.15, 0.2) is 5.82 Å². The highest BCUT2D eigenvalue weighted by Crippen LogP contribution is 2.30. The van der Waals surface area contributed by atoms with E-state index in [0.29, 0.717) is 0 Å². The number of rotatable bonds is 4. The van der Waals surface area contributed by atoms with Gasteiger partial charge in [-0.2, -0.15) is 0 Å². The average Bonchev–Trinajstić information content (AvgIpc) is 2.83. The van der Waals surface area contributed by atoms with Gasteiger partial charge < -0.3 is 5.32 Å². The van der Waals surface area contributed by atoms with Crippen molar-refractivity contribution in [2.75, 3.05) is 11.9 Å². The van der Waals surface area contributed by atoms with Crippen molar-refractivity contribution in [2.45, 2.75) is 27.2 Å². The first kappa shape index (κ1) is 13.5. The summed E-state index contributed by atoms with van der Waals surface area (Å²) < 4.78 is 0.945. The summed E-state index contributed by atoms with van der Waals surface area (Å²) in [5, 5.41) is 3.25. The SMILES string of the molecule is CCNc1nc(-c2ccc(CC)s2)nc(C)c1Br. The lowest BCUT2D eigenvalue weighted by atomic mass is 10.3. The molecule has 2 aromatic rings. The van der Waals surface area contributed by atoms with Crippen molar-refractivity contribution >= 4 is 33.1 Å². The lowest BCUT2D eigenvalue weighted by Gasteiger charge is -2.08. The third-order valence-corrected chi connectivity index (χ3v) is 4.77. The number of hydrogen-bond acceptors (Lipinski definition) is 4. The zero-order valence-corrected chi connectivity index (χ0v) is 13.2. The van der Waals surface area contributed by atoms with Gasteiger partial charge in [0.1, 0.15) is 5.82 Å². The van der Waals surface area contributed by atoms with E-state index in [1.54, 1.807) is 11.3 Å². The molecule has 3 nitrogen and oxygen atoms in total. The maximum Gasteiger partial charge on any atom is 0.171 e. The van der Waals surface area contributed by atoms with Crippen molar-refractivity contribution in [2.24, 2.45) is 0 Å². The molecule has 0 aliphatic rings. The third-order valence-electron chi connectivity index (χ3n) is 2.59. The number of nitrogens with one attached hydrogen (secondary N) is 1. The summed E-state index contributed by atoms with van der Waals surface area (Å²) in [6.45, 7) is 7.06. The van der Waals surface area contributed by atoms with Crippen LogP contribution in [-0.2, 0) is 6.42 Å². The first-order chi connectivity index (χ1) is 8.65. The molecule has 0 unspecified atom stereocenters. The molecule has 0 bridgehead atoms. The Hall–Kier alpha value is -0.940. The van der Waals surface area contributed by atoms with Gasteiger partial charge in [0, 0.05) is 11.4 Å². The highest BCUT2D eigenvalue weighted by molar-refractivity contribution is 9.10. The highest BCUT2D eigenvalue weighted by atomic mass is 79.9. The fraction of sp³-hybridized carbons (Fsp3) is 0.385. The molecular formula is C13H16BrN3S. The second kappa shape index (κ2) is 5.80. The van der Waals surface area contributed by atoms with Gasteiger partial charge in [-0.1, -0.05) is 6.92 Å². The first-order valence-electron chi connectivity index (χ1n) is 6.02. The van der Waals surface area contributed by atoms with Crippen molar-refractivity contribution in [3.05, 3.63) is 27.2 Å². The molecule has 96 valence electrons. The lowest BCUT2D eigenvalue weighted by molar-refractivity contribution is 1.07. The van der Waals surface area contributed by atoms with Crippen molar-refractivity contribution in [3.63, 3.8) is 0 Å². The quantitative estimate of drug-likeness (QED) is 0.912. The van der Waals surface area contributed by atoms with Crippen LogP contribution in [0.1, 0.15) is 24.4 Å².